The van der Waals surface area contributed by atoms with E-state index < -0.39 is 15.3 Å². The van der Waals surface area contributed by atoms with Gasteiger partial charge in [0, 0.05) is 19.0 Å². The van der Waals surface area contributed by atoms with Crippen molar-refractivity contribution in [2.45, 2.75) is 11.7 Å². The molecule has 0 aliphatic carbocycles. The van der Waals surface area contributed by atoms with Crippen molar-refractivity contribution >= 4 is 33.3 Å². The number of nitrogens with zero attached hydrogens (tertiary/aromatic N) is 2. The molecule has 2 rings (SSSR count). The van der Waals surface area contributed by atoms with Gasteiger partial charge in [-0.15, -0.1) is 0 Å². The second-order valence-electron chi connectivity index (χ2n) is 3.49. The van der Waals surface area contributed by atoms with E-state index in [0.717, 1.165) is 0 Å². The summed E-state index contributed by atoms with van der Waals surface area (Å²) < 4.78 is 22.2. The van der Waals surface area contributed by atoms with Crippen LogP contribution in [0.25, 0.3) is 0 Å². The summed E-state index contributed by atoms with van der Waals surface area (Å²) >= 11 is 5.61. The first kappa shape index (κ1) is 11.4. The summed E-state index contributed by atoms with van der Waals surface area (Å²) in [5.41, 5.74) is 0. The molecule has 1 atom stereocenters. The number of rotatable bonds is 2. The molecule has 1 aromatic heterocycles. The number of sulfonamides is 1. The maximum absolute atomic E-state index is 11.6. The molecule has 1 fully saturated rings. The highest BCUT2D eigenvalue weighted by molar-refractivity contribution is 7.89. The van der Waals surface area contributed by atoms with Gasteiger partial charge in [-0.1, -0.05) is 11.6 Å². The number of halogens is 1. The van der Waals surface area contributed by atoms with E-state index in [9.17, 15) is 13.2 Å². The molecular weight excluding hydrogens is 256 g/mol. The Morgan fingerprint density at radius 2 is 2.31 bits per heavy atom. The molecule has 0 radical (unpaired) electrons. The Kier molecular flexibility index (Phi) is 2.64. The highest BCUT2D eigenvalue weighted by atomic mass is 35.5. The van der Waals surface area contributed by atoms with Gasteiger partial charge in [0.25, 0.3) is 0 Å². The maximum Gasteiger partial charge on any atom is 0.229 e. The van der Waals surface area contributed by atoms with Crippen LogP contribution in [0.1, 0.15) is 6.42 Å². The molecule has 2 heterocycles. The maximum atomic E-state index is 11.6. The summed E-state index contributed by atoms with van der Waals surface area (Å²) in [5, 5.41) is 10.6. The molecular formula is C7H9ClN4O3S. The van der Waals surface area contributed by atoms with Gasteiger partial charge in [-0.2, -0.15) is 5.10 Å². The summed E-state index contributed by atoms with van der Waals surface area (Å²) in [6.07, 6.45) is -0.122. The topological polar surface area (TPSA) is 109 Å². The third kappa shape index (κ3) is 2.04. The molecule has 7 nitrogen and oxygen atoms in total. The normalized spacial score (nSPS) is 21.8. The van der Waals surface area contributed by atoms with Gasteiger partial charge in [0.15, 0.2) is 5.82 Å². The predicted octanol–water partition coefficient (Wildman–Crippen LogP) is -0.543. The fourth-order valence-electron chi connectivity index (χ4n) is 1.54. The van der Waals surface area contributed by atoms with Gasteiger partial charge in [0.05, 0.1) is 0 Å². The lowest BCUT2D eigenvalue weighted by atomic mass is 10.4. The molecule has 88 valence electrons. The standard InChI is InChI=1S/C7H9ClN4O3S/c8-5-2-6(11-10-5)12-3-4(1-7(12)13)16(9,14)15/h2,4H,1,3H2,(H,10,11)(H2,9,14,15). The van der Waals surface area contributed by atoms with Crippen molar-refractivity contribution in [1.29, 1.82) is 0 Å². The van der Waals surface area contributed by atoms with E-state index >= 15 is 0 Å². The lowest BCUT2D eigenvalue weighted by Crippen LogP contribution is -2.32. The van der Waals surface area contributed by atoms with E-state index in [4.69, 9.17) is 16.7 Å². The van der Waals surface area contributed by atoms with E-state index in [0.29, 0.717) is 5.82 Å². The van der Waals surface area contributed by atoms with Crippen LogP contribution in [0.3, 0.4) is 0 Å². The summed E-state index contributed by atoms with van der Waals surface area (Å²) in [7, 11) is -3.70. The molecule has 0 saturated carbocycles. The smallest absolute Gasteiger partial charge is 0.229 e. The number of primary sulfonamides is 1. The van der Waals surface area contributed by atoms with Crippen molar-refractivity contribution in [3.05, 3.63) is 11.2 Å². The lowest BCUT2D eigenvalue weighted by Gasteiger charge is -2.11. The van der Waals surface area contributed by atoms with Crippen molar-refractivity contribution in [3.63, 3.8) is 0 Å². The van der Waals surface area contributed by atoms with Gasteiger partial charge >= 0.3 is 0 Å². The molecule has 9 heteroatoms. The number of aromatic nitrogens is 2. The van der Waals surface area contributed by atoms with Crippen molar-refractivity contribution < 1.29 is 13.2 Å². The number of anilines is 1. The minimum absolute atomic E-state index is 0.0127. The first-order valence-electron chi connectivity index (χ1n) is 4.41. The number of aromatic amines is 1. The fourth-order valence-corrected chi connectivity index (χ4v) is 2.41. The number of nitrogens with two attached hydrogens (primary N) is 1. The average molecular weight is 265 g/mol. The number of hydrogen-bond acceptors (Lipinski definition) is 4. The summed E-state index contributed by atoms with van der Waals surface area (Å²) in [6, 6.07) is 1.45. The van der Waals surface area contributed by atoms with Crippen molar-refractivity contribution in [1.82, 2.24) is 10.2 Å². The molecule has 1 saturated heterocycles. The van der Waals surface area contributed by atoms with Crippen molar-refractivity contribution in [3.8, 4) is 0 Å². The van der Waals surface area contributed by atoms with Crippen LogP contribution in [0, 0.1) is 0 Å². The molecule has 1 amide bonds. The van der Waals surface area contributed by atoms with Crippen LogP contribution in [-0.2, 0) is 14.8 Å². The van der Waals surface area contributed by atoms with Crippen LogP contribution in [0.2, 0.25) is 5.15 Å². The Balaban J connectivity index is 2.24. The highest BCUT2D eigenvalue weighted by Crippen LogP contribution is 2.23. The van der Waals surface area contributed by atoms with E-state index in [2.05, 4.69) is 10.2 Å². The quantitative estimate of drug-likeness (QED) is 0.747. The Labute approximate surface area is 96.6 Å². The van der Waals surface area contributed by atoms with E-state index in [1.54, 1.807) is 0 Å². The Hall–Kier alpha value is -1.12. The molecule has 1 aromatic rings. The van der Waals surface area contributed by atoms with Crippen LogP contribution >= 0.6 is 11.6 Å². The third-order valence-electron chi connectivity index (χ3n) is 2.36. The lowest BCUT2D eigenvalue weighted by molar-refractivity contribution is -0.117. The van der Waals surface area contributed by atoms with E-state index in [1.807, 2.05) is 0 Å². The molecule has 3 N–H and O–H groups in total. The fraction of sp³-hybridized carbons (Fsp3) is 0.429. The van der Waals surface area contributed by atoms with E-state index in [1.165, 1.54) is 11.0 Å². The van der Waals surface area contributed by atoms with Gasteiger partial charge < -0.3 is 0 Å². The third-order valence-corrected chi connectivity index (χ3v) is 3.80. The minimum atomic E-state index is -3.70. The second kappa shape index (κ2) is 3.72. The van der Waals surface area contributed by atoms with Crippen LogP contribution < -0.4 is 10.0 Å². The number of carbonyl (C=O) groups excluding carboxylic acids is 1. The van der Waals surface area contributed by atoms with Crippen LogP contribution in [0.5, 0.6) is 0 Å². The zero-order valence-corrected chi connectivity index (χ0v) is 9.62. The molecule has 0 aromatic carbocycles. The minimum Gasteiger partial charge on any atom is -0.294 e. The zero-order valence-electron chi connectivity index (χ0n) is 8.05. The molecule has 0 bridgehead atoms. The van der Waals surface area contributed by atoms with Crippen molar-refractivity contribution in [2.24, 2.45) is 5.14 Å². The zero-order chi connectivity index (χ0) is 11.9. The first-order valence-corrected chi connectivity index (χ1v) is 6.39. The monoisotopic (exact) mass is 264 g/mol. The molecule has 1 unspecified atom stereocenters. The largest absolute Gasteiger partial charge is 0.294 e. The number of amides is 1. The van der Waals surface area contributed by atoms with Gasteiger partial charge in [-0.25, -0.2) is 13.6 Å². The number of nitrogens with one attached hydrogen (secondary N) is 1. The van der Waals surface area contributed by atoms with Gasteiger partial charge in [0.1, 0.15) is 10.4 Å². The Bertz CT molecular complexity index is 525. The number of H-pyrrole nitrogens is 1. The average Bonchev–Trinajstić information content (AvgIpc) is 2.70. The Morgan fingerprint density at radius 1 is 1.62 bits per heavy atom. The molecule has 0 spiro atoms. The second-order valence-corrected chi connectivity index (χ2v) is 5.75. The van der Waals surface area contributed by atoms with Crippen LogP contribution in [0.4, 0.5) is 5.82 Å². The molecule has 1 aliphatic rings. The predicted molar refractivity (Wildman–Crippen MR) is 57.5 cm³/mol. The number of hydrogen-bond donors (Lipinski definition) is 2. The van der Waals surface area contributed by atoms with Gasteiger partial charge in [-0.05, 0) is 0 Å². The molecule has 16 heavy (non-hydrogen) atoms. The van der Waals surface area contributed by atoms with Crippen molar-refractivity contribution in [2.75, 3.05) is 11.4 Å². The van der Waals surface area contributed by atoms with Gasteiger partial charge in [0.2, 0.25) is 15.9 Å². The van der Waals surface area contributed by atoms with Gasteiger partial charge in [-0.3, -0.25) is 14.8 Å². The first-order chi connectivity index (χ1) is 7.38. The van der Waals surface area contributed by atoms with Crippen LogP contribution in [-0.4, -0.2) is 36.3 Å². The molecule has 1 aliphatic heterocycles. The SMILES string of the molecule is NS(=O)(=O)C1CC(=O)N(c2cc(Cl)[nH]n2)C1. The van der Waals surface area contributed by atoms with E-state index in [-0.39, 0.29) is 24.0 Å². The summed E-state index contributed by atoms with van der Waals surface area (Å²) in [5.74, 6) is -0.0247. The number of carbonyl (C=O) groups is 1. The Morgan fingerprint density at radius 3 is 2.75 bits per heavy atom. The van der Waals surface area contributed by atoms with Crippen LogP contribution in [0.15, 0.2) is 6.07 Å². The summed E-state index contributed by atoms with van der Waals surface area (Å²) in [6.45, 7) is 0.0127. The summed E-state index contributed by atoms with van der Waals surface area (Å²) in [4.78, 5) is 12.8. The highest BCUT2D eigenvalue weighted by Gasteiger charge is 2.38.